The Balaban J connectivity index is 1.33. The Morgan fingerprint density at radius 3 is 2.40 bits per heavy atom. The quantitative estimate of drug-likeness (QED) is 0.216. The largest absolute Gasteiger partial charge is 0.328 e. The highest BCUT2D eigenvalue weighted by Gasteiger charge is 2.29. The van der Waals surface area contributed by atoms with E-state index in [-0.39, 0.29) is 23.2 Å². The van der Waals surface area contributed by atoms with Crippen LogP contribution >= 0.6 is 11.3 Å². The van der Waals surface area contributed by atoms with Gasteiger partial charge in [-0.3, -0.25) is 10.1 Å². The Kier molecular flexibility index (Phi) is 4.99. The molecular weight excluding hydrogens is 474 g/mol. The molecule has 5 aromatic rings. The number of imidazole rings is 1. The molecule has 1 saturated carbocycles. The lowest BCUT2D eigenvalue weighted by Crippen LogP contribution is -1.98. The number of nitro groups is 1. The van der Waals surface area contributed by atoms with Crippen LogP contribution in [0.1, 0.15) is 18.9 Å². The summed E-state index contributed by atoms with van der Waals surface area (Å²) in [6.45, 7) is 0. The molecule has 0 spiro atoms. The molecule has 0 saturated heterocycles. The summed E-state index contributed by atoms with van der Waals surface area (Å²) >= 11 is 1.20. The Bertz CT molecular complexity index is 1580. The van der Waals surface area contributed by atoms with E-state index in [0.717, 1.165) is 18.4 Å². The van der Waals surface area contributed by atoms with Crippen molar-refractivity contribution in [3.8, 4) is 22.0 Å². The number of aromatic nitrogens is 4. The molecule has 11 heteroatoms. The number of hydrogen-bond acceptors (Lipinski definition) is 7. The van der Waals surface area contributed by atoms with Crippen molar-refractivity contribution in [3.63, 3.8) is 0 Å². The fourth-order valence-corrected chi connectivity index (χ4v) is 4.71. The van der Waals surface area contributed by atoms with E-state index in [1.807, 2.05) is 4.57 Å². The molecule has 8 nitrogen and oxygen atoms in total. The number of non-ortho nitro benzene ring substituents is 1. The molecule has 2 heterocycles. The lowest BCUT2D eigenvalue weighted by molar-refractivity contribution is -0.384. The summed E-state index contributed by atoms with van der Waals surface area (Å²) in [6.07, 6.45) is 1.97. The van der Waals surface area contributed by atoms with Gasteiger partial charge in [0.15, 0.2) is 0 Å². The van der Waals surface area contributed by atoms with E-state index in [1.54, 1.807) is 30.3 Å². The minimum absolute atomic E-state index is 0.0161. The van der Waals surface area contributed by atoms with Crippen molar-refractivity contribution in [2.24, 2.45) is 0 Å². The number of nitrogens with zero attached hydrogens (tertiary/aromatic N) is 5. The number of halogens is 2. The van der Waals surface area contributed by atoms with Crippen LogP contribution in [0.3, 0.4) is 0 Å². The van der Waals surface area contributed by atoms with Crippen LogP contribution in [0.25, 0.3) is 33.0 Å². The fourth-order valence-electron chi connectivity index (χ4n) is 3.95. The summed E-state index contributed by atoms with van der Waals surface area (Å²) in [4.78, 5) is 15.1. The van der Waals surface area contributed by atoms with E-state index in [0.29, 0.717) is 32.6 Å². The van der Waals surface area contributed by atoms with E-state index in [2.05, 4.69) is 15.5 Å². The second kappa shape index (κ2) is 8.20. The number of hydrogen-bond donors (Lipinski definition) is 1. The van der Waals surface area contributed by atoms with Gasteiger partial charge in [-0.15, -0.1) is 10.2 Å². The second-order valence-electron chi connectivity index (χ2n) is 8.21. The summed E-state index contributed by atoms with van der Waals surface area (Å²) in [7, 11) is 0. The zero-order chi connectivity index (χ0) is 24.1. The number of anilines is 2. The standard InChI is InChI=1S/C24H16F2N6O2S/c25-15-5-1-13(2-6-15)22-27-20-12-19(18(26)11-21(20)31(22)16-9-10-16)28-24-30-29-23(35-24)14-3-7-17(8-4-14)32(33)34/h1-8,11-12,16H,9-10H2,(H,28,30). The van der Waals surface area contributed by atoms with Gasteiger partial charge in [0.2, 0.25) is 5.13 Å². The zero-order valence-corrected chi connectivity index (χ0v) is 18.8. The third kappa shape index (κ3) is 3.99. The van der Waals surface area contributed by atoms with E-state index in [4.69, 9.17) is 4.98 Å². The van der Waals surface area contributed by atoms with Crippen LogP contribution in [0.5, 0.6) is 0 Å². The molecule has 1 aliphatic carbocycles. The van der Waals surface area contributed by atoms with Crippen molar-refractivity contribution in [1.82, 2.24) is 19.7 Å². The van der Waals surface area contributed by atoms with Gasteiger partial charge in [-0.05, 0) is 55.3 Å². The van der Waals surface area contributed by atoms with Gasteiger partial charge in [0, 0.05) is 35.4 Å². The molecule has 174 valence electrons. The van der Waals surface area contributed by atoms with Crippen LogP contribution in [0.2, 0.25) is 0 Å². The van der Waals surface area contributed by atoms with Gasteiger partial charge < -0.3 is 9.88 Å². The average Bonchev–Trinajstić information content (AvgIpc) is 3.47. The van der Waals surface area contributed by atoms with E-state index >= 15 is 4.39 Å². The van der Waals surface area contributed by atoms with Crippen LogP contribution in [-0.4, -0.2) is 24.7 Å². The van der Waals surface area contributed by atoms with Crippen molar-refractivity contribution < 1.29 is 13.7 Å². The molecule has 3 aromatic carbocycles. The van der Waals surface area contributed by atoms with E-state index < -0.39 is 10.7 Å². The predicted molar refractivity (Wildman–Crippen MR) is 129 cm³/mol. The maximum absolute atomic E-state index is 15.1. The number of nitro benzene ring substituents is 1. The summed E-state index contributed by atoms with van der Waals surface area (Å²) in [5.74, 6) is -0.113. The van der Waals surface area contributed by atoms with Gasteiger partial charge in [0.05, 0.1) is 21.6 Å². The summed E-state index contributed by atoms with van der Waals surface area (Å²) in [6, 6.07) is 15.4. The molecule has 0 aliphatic heterocycles. The van der Waals surface area contributed by atoms with Crippen molar-refractivity contribution in [1.29, 1.82) is 0 Å². The minimum atomic E-state index is -0.470. The van der Waals surface area contributed by atoms with Gasteiger partial charge in [-0.25, -0.2) is 13.8 Å². The minimum Gasteiger partial charge on any atom is -0.328 e. The van der Waals surface area contributed by atoms with Gasteiger partial charge in [0.1, 0.15) is 22.5 Å². The van der Waals surface area contributed by atoms with Crippen molar-refractivity contribution in [2.45, 2.75) is 18.9 Å². The van der Waals surface area contributed by atoms with Crippen molar-refractivity contribution in [3.05, 3.63) is 82.4 Å². The molecule has 0 radical (unpaired) electrons. The third-order valence-electron chi connectivity index (χ3n) is 5.78. The molecule has 0 atom stereocenters. The van der Waals surface area contributed by atoms with Crippen LogP contribution in [-0.2, 0) is 0 Å². The number of nitrogens with one attached hydrogen (secondary N) is 1. The monoisotopic (exact) mass is 490 g/mol. The second-order valence-corrected chi connectivity index (χ2v) is 9.18. The topological polar surface area (TPSA) is 98.8 Å². The summed E-state index contributed by atoms with van der Waals surface area (Å²) < 4.78 is 30.6. The van der Waals surface area contributed by atoms with Gasteiger partial charge in [-0.2, -0.15) is 0 Å². The molecule has 6 rings (SSSR count). The zero-order valence-electron chi connectivity index (χ0n) is 18.0. The number of benzene rings is 3. The van der Waals surface area contributed by atoms with E-state index in [9.17, 15) is 14.5 Å². The van der Waals surface area contributed by atoms with Crippen LogP contribution < -0.4 is 5.32 Å². The third-order valence-corrected chi connectivity index (χ3v) is 6.67. The Labute approximate surface area is 201 Å². The molecule has 0 bridgehead atoms. The van der Waals surface area contributed by atoms with E-state index in [1.165, 1.54) is 41.7 Å². The maximum atomic E-state index is 15.1. The normalized spacial score (nSPS) is 13.3. The molecule has 1 fully saturated rings. The molecule has 0 unspecified atom stereocenters. The number of rotatable bonds is 6. The maximum Gasteiger partial charge on any atom is 0.269 e. The van der Waals surface area contributed by atoms with Gasteiger partial charge in [-0.1, -0.05) is 11.3 Å². The molecule has 2 aromatic heterocycles. The SMILES string of the molecule is O=[N+]([O-])c1ccc(-c2nnc(Nc3cc4nc(-c5ccc(F)cc5)n(C5CC5)c4cc3F)s2)cc1. The van der Waals surface area contributed by atoms with Crippen LogP contribution in [0.15, 0.2) is 60.7 Å². The van der Waals surface area contributed by atoms with Crippen molar-refractivity contribution >= 4 is 38.9 Å². The smallest absolute Gasteiger partial charge is 0.269 e. The highest BCUT2D eigenvalue weighted by molar-refractivity contribution is 7.18. The highest BCUT2D eigenvalue weighted by Crippen LogP contribution is 2.42. The summed E-state index contributed by atoms with van der Waals surface area (Å²) in [5, 5.41) is 22.9. The average molecular weight is 490 g/mol. The Morgan fingerprint density at radius 1 is 1.00 bits per heavy atom. The van der Waals surface area contributed by atoms with Crippen LogP contribution in [0, 0.1) is 21.7 Å². The first-order valence-electron chi connectivity index (χ1n) is 10.8. The predicted octanol–water partition coefficient (Wildman–Crippen LogP) is 6.49. The first kappa shape index (κ1) is 21.3. The molecule has 1 aliphatic rings. The first-order chi connectivity index (χ1) is 17.0. The lowest BCUT2D eigenvalue weighted by atomic mass is 10.2. The molecule has 1 N–H and O–H groups in total. The van der Waals surface area contributed by atoms with Gasteiger partial charge >= 0.3 is 0 Å². The van der Waals surface area contributed by atoms with Crippen LogP contribution in [0.4, 0.5) is 25.3 Å². The van der Waals surface area contributed by atoms with Crippen molar-refractivity contribution in [2.75, 3.05) is 5.32 Å². The lowest BCUT2D eigenvalue weighted by Gasteiger charge is -2.08. The fraction of sp³-hybridized carbons (Fsp3) is 0.125. The number of fused-ring (bicyclic) bond motifs is 1. The molecule has 0 amide bonds. The molecule has 35 heavy (non-hydrogen) atoms. The Hall–Kier alpha value is -4.25. The first-order valence-corrected chi connectivity index (χ1v) is 11.6. The Morgan fingerprint density at radius 2 is 1.71 bits per heavy atom. The molecular formula is C24H16F2N6O2S. The van der Waals surface area contributed by atoms with Gasteiger partial charge in [0.25, 0.3) is 5.69 Å². The highest BCUT2D eigenvalue weighted by atomic mass is 32.1. The summed E-state index contributed by atoms with van der Waals surface area (Å²) in [5.41, 5.74) is 2.91.